The van der Waals surface area contributed by atoms with Gasteiger partial charge in [0.2, 0.25) is 0 Å². The number of fused-ring (bicyclic) bond motifs is 4. The van der Waals surface area contributed by atoms with Crippen molar-refractivity contribution < 1.29 is 14.3 Å². The Balaban J connectivity index is 1.40. The van der Waals surface area contributed by atoms with Crippen LogP contribution < -0.4 is 9.47 Å². The zero-order valence-corrected chi connectivity index (χ0v) is 18.2. The largest absolute Gasteiger partial charge is 0.496 e. The first-order valence-corrected chi connectivity index (χ1v) is 10.8. The Hall–Kier alpha value is -3.28. The number of aromatic nitrogens is 2. The average Bonchev–Trinajstić information content (AvgIpc) is 3.21. The Morgan fingerprint density at radius 3 is 2.71 bits per heavy atom. The van der Waals surface area contributed by atoms with Gasteiger partial charge in [-0.3, -0.25) is 9.48 Å². The number of likely N-dealkylation sites (tertiary alicyclic amines) is 1. The number of ether oxygens (including phenoxy) is 2. The summed E-state index contributed by atoms with van der Waals surface area (Å²) in [6, 6.07) is 13.9. The summed E-state index contributed by atoms with van der Waals surface area (Å²) in [5, 5.41) is 4.53. The number of hydrogen-bond donors (Lipinski definition) is 0. The summed E-state index contributed by atoms with van der Waals surface area (Å²) in [5.74, 6) is 1.70. The Morgan fingerprint density at radius 2 is 1.97 bits per heavy atom. The minimum atomic E-state index is -0.446. The minimum absolute atomic E-state index is 0.0402. The van der Waals surface area contributed by atoms with Crippen molar-refractivity contribution in [1.29, 1.82) is 0 Å². The predicted molar refractivity (Wildman–Crippen MR) is 118 cm³/mol. The van der Waals surface area contributed by atoms with E-state index in [0.717, 1.165) is 53.1 Å². The van der Waals surface area contributed by atoms with E-state index in [4.69, 9.17) is 9.47 Å². The molecule has 1 aromatic heterocycles. The van der Waals surface area contributed by atoms with Gasteiger partial charge in [0.15, 0.2) is 0 Å². The molecule has 31 heavy (non-hydrogen) atoms. The molecule has 1 amide bonds. The standard InChI is InChI=1S/C25H27N3O3/c1-4-17-9-10-18(15-22(17)30-3)24(29)28-13-11-25(12-14-28)20-16-26-27(2)23(20)19-7-5-6-8-21(19)31-25/h5-10,15-16H,4,11-14H2,1-3H3. The maximum absolute atomic E-state index is 13.2. The fourth-order valence-electron chi connectivity index (χ4n) is 4.90. The molecule has 1 saturated heterocycles. The SMILES string of the molecule is CCc1ccc(C(=O)N2CCC3(CC2)Oc2ccccc2-c2c3cnn2C)cc1OC. The molecule has 5 rings (SSSR count). The van der Waals surface area contributed by atoms with Gasteiger partial charge in [-0.25, -0.2) is 0 Å². The quantitative estimate of drug-likeness (QED) is 0.642. The molecule has 0 aliphatic carbocycles. The van der Waals surface area contributed by atoms with Crippen LogP contribution >= 0.6 is 0 Å². The molecule has 160 valence electrons. The maximum atomic E-state index is 13.2. The van der Waals surface area contributed by atoms with E-state index >= 15 is 0 Å². The zero-order valence-electron chi connectivity index (χ0n) is 18.2. The fourth-order valence-corrected chi connectivity index (χ4v) is 4.90. The molecule has 0 N–H and O–H groups in total. The number of carbonyl (C=O) groups is 1. The number of rotatable bonds is 3. The molecular formula is C25H27N3O3. The van der Waals surface area contributed by atoms with E-state index in [9.17, 15) is 4.79 Å². The van der Waals surface area contributed by atoms with Crippen molar-refractivity contribution >= 4 is 5.91 Å². The summed E-state index contributed by atoms with van der Waals surface area (Å²) in [7, 11) is 3.62. The van der Waals surface area contributed by atoms with Crippen LogP contribution in [0.3, 0.4) is 0 Å². The lowest BCUT2D eigenvalue weighted by Gasteiger charge is -2.44. The summed E-state index contributed by atoms with van der Waals surface area (Å²) in [6.45, 7) is 3.35. The lowest BCUT2D eigenvalue weighted by molar-refractivity contribution is -0.00173. The third-order valence-corrected chi connectivity index (χ3v) is 6.65. The van der Waals surface area contributed by atoms with E-state index in [2.05, 4.69) is 18.1 Å². The highest BCUT2D eigenvalue weighted by atomic mass is 16.5. The van der Waals surface area contributed by atoms with Gasteiger partial charge < -0.3 is 14.4 Å². The number of nitrogens with zero attached hydrogens (tertiary/aromatic N) is 3. The Morgan fingerprint density at radius 1 is 1.19 bits per heavy atom. The van der Waals surface area contributed by atoms with Gasteiger partial charge in [-0.1, -0.05) is 25.1 Å². The van der Waals surface area contributed by atoms with Gasteiger partial charge in [-0.15, -0.1) is 0 Å². The number of piperidine rings is 1. The van der Waals surface area contributed by atoms with Crippen LogP contribution in [0.2, 0.25) is 0 Å². The van der Waals surface area contributed by atoms with Crippen molar-refractivity contribution in [3.63, 3.8) is 0 Å². The summed E-state index contributed by atoms with van der Waals surface area (Å²) >= 11 is 0. The molecule has 0 unspecified atom stereocenters. The van der Waals surface area contributed by atoms with Crippen molar-refractivity contribution in [2.45, 2.75) is 31.8 Å². The van der Waals surface area contributed by atoms with Crippen molar-refractivity contribution in [2.75, 3.05) is 20.2 Å². The first kappa shape index (κ1) is 19.7. The van der Waals surface area contributed by atoms with E-state index in [1.807, 2.05) is 59.2 Å². The molecule has 6 heteroatoms. The monoisotopic (exact) mass is 417 g/mol. The van der Waals surface area contributed by atoms with Crippen molar-refractivity contribution in [1.82, 2.24) is 14.7 Å². The van der Waals surface area contributed by atoms with Gasteiger partial charge in [0.1, 0.15) is 17.1 Å². The second-order valence-corrected chi connectivity index (χ2v) is 8.30. The highest BCUT2D eigenvalue weighted by Crippen LogP contribution is 2.49. The van der Waals surface area contributed by atoms with E-state index in [1.165, 1.54) is 0 Å². The van der Waals surface area contributed by atoms with Crippen molar-refractivity contribution in [3.05, 3.63) is 65.4 Å². The van der Waals surface area contributed by atoms with E-state index in [1.54, 1.807) is 7.11 Å². The van der Waals surface area contributed by atoms with Gasteiger partial charge in [0, 0.05) is 49.7 Å². The normalized spacial score (nSPS) is 16.4. The molecule has 0 saturated carbocycles. The molecule has 0 atom stereocenters. The summed E-state index contributed by atoms with van der Waals surface area (Å²) in [6.07, 6.45) is 4.26. The summed E-state index contributed by atoms with van der Waals surface area (Å²) in [4.78, 5) is 15.1. The second-order valence-electron chi connectivity index (χ2n) is 8.30. The number of methoxy groups -OCH3 is 1. The lowest BCUT2D eigenvalue weighted by atomic mass is 9.81. The molecule has 0 bridgehead atoms. The fraction of sp³-hybridized carbons (Fsp3) is 0.360. The second kappa shape index (κ2) is 7.45. The molecule has 6 nitrogen and oxygen atoms in total. The zero-order chi connectivity index (χ0) is 21.6. The van der Waals surface area contributed by atoms with Crippen LogP contribution in [0.4, 0.5) is 0 Å². The van der Waals surface area contributed by atoms with Crippen LogP contribution in [0, 0.1) is 0 Å². The first-order chi connectivity index (χ1) is 15.1. The van der Waals surface area contributed by atoms with Gasteiger partial charge in [-0.2, -0.15) is 5.10 Å². The van der Waals surface area contributed by atoms with Crippen LogP contribution in [0.1, 0.15) is 41.3 Å². The average molecular weight is 418 g/mol. The minimum Gasteiger partial charge on any atom is -0.496 e. The lowest BCUT2D eigenvalue weighted by Crippen LogP contribution is -2.49. The van der Waals surface area contributed by atoms with Gasteiger partial charge in [0.25, 0.3) is 5.91 Å². The van der Waals surface area contributed by atoms with Crippen molar-refractivity contribution in [3.8, 4) is 22.8 Å². The van der Waals surface area contributed by atoms with Gasteiger partial charge >= 0.3 is 0 Å². The third kappa shape index (κ3) is 3.09. The number of aryl methyl sites for hydroxylation is 2. The number of carbonyl (C=O) groups excluding carboxylic acids is 1. The van der Waals surface area contributed by atoms with Crippen LogP contribution in [-0.2, 0) is 19.1 Å². The maximum Gasteiger partial charge on any atom is 0.253 e. The number of hydrogen-bond acceptors (Lipinski definition) is 4. The van der Waals surface area contributed by atoms with Crippen LogP contribution in [-0.4, -0.2) is 40.8 Å². The van der Waals surface area contributed by atoms with Crippen LogP contribution in [0.25, 0.3) is 11.3 Å². The molecule has 2 aliphatic rings. The first-order valence-electron chi connectivity index (χ1n) is 10.8. The highest BCUT2D eigenvalue weighted by molar-refractivity contribution is 5.95. The smallest absolute Gasteiger partial charge is 0.253 e. The highest BCUT2D eigenvalue weighted by Gasteiger charge is 2.45. The Kier molecular flexibility index (Phi) is 4.73. The predicted octanol–water partition coefficient (Wildman–Crippen LogP) is 4.18. The topological polar surface area (TPSA) is 56.6 Å². The molecular weight excluding hydrogens is 390 g/mol. The number of amides is 1. The van der Waals surface area contributed by atoms with E-state index in [0.29, 0.717) is 18.7 Å². The molecule has 2 aliphatic heterocycles. The third-order valence-electron chi connectivity index (χ3n) is 6.65. The summed E-state index contributed by atoms with van der Waals surface area (Å²) < 4.78 is 14.0. The van der Waals surface area contributed by atoms with Crippen LogP contribution in [0.5, 0.6) is 11.5 Å². The summed E-state index contributed by atoms with van der Waals surface area (Å²) in [5.41, 5.74) is 4.64. The Bertz CT molecular complexity index is 1140. The number of benzene rings is 2. The molecule has 3 aromatic rings. The molecule has 0 radical (unpaired) electrons. The van der Waals surface area contributed by atoms with E-state index < -0.39 is 5.60 Å². The molecule has 1 fully saturated rings. The number of para-hydroxylation sites is 1. The molecule has 2 aromatic carbocycles. The Labute approximate surface area is 182 Å². The van der Waals surface area contributed by atoms with Gasteiger partial charge in [-0.05, 0) is 36.2 Å². The van der Waals surface area contributed by atoms with Crippen LogP contribution in [0.15, 0.2) is 48.7 Å². The van der Waals surface area contributed by atoms with E-state index in [-0.39, 0.29) is 5.91 Å². The molecule has 3 heterocycles. The molecule has 1 spiro atoms. The van der Waals surface area contributed by atoms with Gasteiger partial charge in [0.05, 0.1) is 19.0 Å². The van der Waals surface area contributed by atoms with Crippen molar-refractivity contribution in [2.24, 2.45) is 7.05 Å².